The van der Waals surface area contributed by atoms with Gasteiger partial charge in [-0.1, -0.05) is 49.4 Å². The van der Waals surface area contributed by atoms with E-state index in [0.29, 0.717) is 19.2 Å². The highest BCUT2D eigenvalue weighted by molar-refractivity contribution is 5.96. The van der Waals surface area contributed by atoms with Gasteiger partial charge >= 0.3 is 6.18 Å². The highest BCUT2D eigenvalue weighted by Crippen LogP contribution is 2.47. The van der Waals surface area contributed by atoms with Gasteiger partial charge in [-0.3, -0.25) is 14.5 Å². The van der Waals surface area contributed by atoms with Crippen LogP contribution in [0.1, 0.15) is 66.1 Å². The molecule has 2 atom stereocenters. The van der Waals surface area contributed by atoms with Crippen molar-refractivity contribution in [3.8, 4) is 0 Å². The van der Waals surface area contributed by atoms with E-state index in [9.17, 15) is 22.8 Å². The number of likely N-dealkylation sites (tertiary alicyclic amines) is 1. The van der Waals surface area contributed by atoms with Gasteiger partial charge in [0.25, 0.3) is 5.91 Å². The number of benzene rings is 2. The van der Waals surface area contributed by atoms with Gasteiger partial charge in [-0.2, -0.15) is 13.2 Å². The number of carbonyl (C=O) groups is 2. The lowest BCUT2D eigenvalue weighted by molar-refractivity contribution is -0.137. The number of nitrogens with one attached hydrogen (secondary N) is 2. The Labute approximate surface area is 233 Å². The van der Waals surface area contributed by atoms with E-state index in [-0.39, 0.29) is 29.7 Å². The van der Waals surface area contributed by atoms with E-state index in [1.54, 1.807) is 0 Å². The second kappa shape index (κ2) is 11.7. The van der Waals surface area contributed by atoms with Crippen LogP contribution < -0.4 is 10.6 Å². The maximum atomic E-state index is 13.0. The molecule has 5 rings (SSSR count). The first kappa shape index (κ1) is 28.4. The average Bonchev–Trinajstić information content (AvgIpc) is 3.52. The first-order valence-electron chi connectivity index (χ1n) is 14.1. The molecule has 2 amide bonds. The zero-order valence-corrected chi connectivity index (χ0v) is 22.7. The number of fused-ring (bicyclic) bond motifs is 2. The first-order valence-corrected chi connectivity index (χ1v) is 14.1. The Hall–Kier alpha value is -3.17. The first-order chi connectivity index (χ1) is 19.2. The van der Waals surface area contributed by atoms with Crippen LogP contribution in [0.5, 0.6) is 0 Å². The molecule has 0 radical (unpaired) electrons. The van der Waals surface area contributed by atoms with E-state index < -0.39 is 23.6 Å². The summed E-state index contributed by atoms with van der Waals surface area (Å²) in [5.41, 5.74) is 1.81. The molecule has 214 valence electrons. The molecule has 1 saturated heterocycles. The van der Waals surface area contributed by atoms with Crippen molar-refractivity contribution in [2.45, 2.75) is 68.8 Å². The maximum Gasteiger partial charge on any atom is 0.416 e. The summed E-state index contributed by atoms with van der Waals surface area (Å²) in [4.78, 5) is 27.6. The molecule has 1 saturated carbocycles. The molecule has 2 aromatic rings. The predicted octanol–water partition coefficient (Wildman–Crippen LogP) is 4.94. The Balaban J connectivity index is 1.15. The minimum atomic E-state index is -4.55. The summed E-state index contributed by atoms with van der Waals surface area (Å²) in [5.74, 6) is -1.13. The molecule has 2 fully saturated rings. The van der Waals surface area contributed by atoms with Crippen LogP contribution in [0.4, 0.5) is 13.2 Å². The fourth-order valence-electron chi connectivity index (χ4n) is 6.39. The molecule has 1 heterocycles. The van der Waals surface area contributed by atoms with E-state index in [2.05, 4.69) is 52.0 Å². The van der Waals surface area contributed by atoms with Crippen LogP contribution in [0.25, 0.3) is 6.08 Å². The lowest BCUT2D eigenvalue weighted by atomic mass is 9.69. The van der Waals surface area contributed by atoms with E-state index >= 15 is 0 Å². The molecule has 40 heavy (non-hydrogen) atoms. The van der Waals surface area contributed by atoms with E-state index in [4.69, 9.17) is 4.74 Å². The fourth-order valence-corrected chi connectivity index (χ4v) is 6.39. The third kappa shape index (κ3) is 6.10. The van der Waals surface area contributed by atoms with Crippen molar-refractivity contribution in [3.63, 3.8) is 0 Å². The number of allylic oxidation sites excluding steroid dienone is 1. The van der Waals surface area contributed by atoms with Crippen molar-refractivity contribution < 1.29 is 27.5 Å². The molecule has 6 nitrogen and oxygen atoms in total. The number of alkyl halides is 3. The second-order valence-electron chi connectivity index (χ2n) is 11.1. The lowest BCUT2D eigenvalue weighted by Crippen LogP contribution is -2.48. The van der Waals surface area contributed by atoms with Gasteiger partial charge in [0.05, 0.1) is 24.3 Å². The zero-order chi connectivity index (χ0) is 28.3. The molecule has 0 unspecified atom stereocenters. The van der Waals surface area contributed by atoms with Crippen LogP contribution in [-0.2, 0) is 21.1 Å². The summed E-state index contributed by atoms with van der Waals surface area (Å²) < 4.78 is 45.1. The summed E-state index contributed by atoms with van der Waals surface area (Å²) in [6.07, 6.45) is 5.07. The summed E-state index contributed by atoms with van der Waals surface area (Å²) in [6, 6.07) is 13.0. The third-order valence-corrected chi connectivity index (χ3v) is 8.48. The summed E-state index contributed by atoms with van der Waals surface area (Å²) >= 11 is 0. The Kier molecular flexibility index (Phi) is 8.33. The van der Waals surface area contributed by atoms with Crippen molar-refractivity contribution in [2.75, 3.05) is 26.2 Å². The highest BCUT2D eigenvalue weighted by Gasteiger charge is 2.43. The Morgan fingerprint density at radius 2 is 1.85 bits per heavy atom. The molecular formula is C31H36F3N3O3. The van der Waals surface area contributed by atoms with E-state index in [0.717, 1.165) is 50.8 Å². The molecule has 2 N–H and O–H groups in total. The Morgan fingerprint density at radius 1 is 1.07 bits per heavy atom. The maximum absolute atomic E-state index is 13.0. The molecular weight excluding hydrogens is 519 g/mol. The summed E-state index contributed by atoms with van der Waals surface area (Å²) in [5, 5.41) is 5.44. The predicted molar refractivity (Wildman–Crippen MR) is 147 cm³/mol. The molecule has 9 heteroatoms. The van der Waals surface area contributed by atoms with Crippen LogP contribution in [0.15, 0.2) is 54.6 Å². The quantitative estimate of drug-likeness (QED) is 0.484. The van der Waals surface area contributed by atoms with Crippen molar-refractivity contribution in [2.24, 2.45) is 0 Å². The summed E-state index contributed by atoms with van der Waals surface area (Å²) in [7, 11) is 0. The van der Waals surface area contributed by atoms with Gasteiger partial charge in [0.1, 0.15) is 0 Å². The number of rotatable bonds is 8. The van der Waals surface area contributed by atoms with Gasteiger partial charge in [0.2, 0.25) is 5.91 Å². The van der Waals surface area contributed by atoms with Crippen LogP contribution in [0.3, 0.4) is 0 Å². The van der Waals surface area contributed by atoms with Gasteiger partial charge in [0.15, 0.2) is 0 Å². The van der Waals surface area contributed by atoms with Crippen molar-refractivity contribution in [3.05, 3.63) is 76.9 Å². The van der Waals surface area contributed by atoms with Gasteiger partial charge in [-0.15, -0.1) is 0 Å². The number of halogens is 3. The number of ether oxygens (including phenoxy) is 1. The summed E-state index contributed by atoms with van der Waals surface area (Å²) in [6.45, 7) is 3.69. The van der Waals surface area contributed by atoms with E-state index in [1.165, 1.54) is 23.3 Å². The van der Waals surface area contributed by atoms with Crippen LogP contribution in [0, 0.1) is 0 Å². The SMILES string of the molecule is CCCO[C@H]1CN(C2CCC3(C=Cc4ccccc43)CC2)C[C@@H]1NC(=O)CNC(=O)c1cccc(C(F)(F)F)c1. The number of amides is 2. The Bertz CT molecular complexity index is 1250. The van der Waals surface area contributed by atoms with Gasteiger partial charge < -0.3 is 15.4 Å². The largest absolute Gasteiger partial charge is 0.416 e. The van der Waals surface area contributed by atoms with Gasteiger partial charge in [-0.05, 0) is 61.4 Å². The molecule has 1 aliphatic heterocycles. The van der Waals surface area contributed by atoms with Crippen molar-refractivity contribution >= 4 is 17.9 Å². The normalized spacial score (nSPS) is 26.1. The standard InChI is InChI=1S/C31H36F3N3O3/c1-2-16-40-27-20-37(24-11-14-30(15-12-24)13-10-21-6-3-4-9-25(21)30)19-26(27)36-28(38)18-35-29(39)22-7-5-8-23(17-22)31(32,33)34/h3-10,13,17,24,26-27H,2,11-12,14-16,18-20H2,1H3,(H,35,39)(H,36,38)/t24?,26-,27-,30?/m0/s1. The minimum Gasteiger partial charge on any atom is -0.375 e. The topological polar surface area (TPSA) is 70.7 Å². The molecule has 2 aliphatic carbocycles. The zero-order valence-electron chi connectivity index (χ0n) is 22.7. The average molecular weight is 556 g/mol. The van der Waals surface area contributed by atoms with Gasteiger partial charge in [-0.25, -0.2) is 0 Å². The number of hydrogen-bond acceptors (Lipinski definition) is 4. The van der Waals surface area contributed by atoms with E-state index in [1.807, 2.05) is 6.92 Å². The molecule has 0 bridgehead atoms. The van der Waals surface area contributed by atoms with Crippen molar-refractivity contribution in [1.82, 2.24) is 15.5 Å². The van der Waals surface area contributed by atoms with Gasteiger partial charge in [0, 0.05) is 36.7 Å². The second-order valence-corrected chi connectivity index (χ2v) is 11.1. The van der Waals surface area contributed by atoms with Crippen LogP contribution in [0.2, 0.25) is 0 Å². The monoisotopic (exact) mass is 555 g/mol. The number of hydrogen-bond donors (Lipinski definition) is 2. The highest BCUT2D eigenvalue weighted by atomic mass is 19.4. The molecule has 1 spiro atoms. The molecule has 0 aromatic heterocycles. The fraction of sp³-hybridized carbons (Fsp3) is 0.484. The number of carbonyl (C=O) groups excluding carboxylic acids is 2. The minimum absolute atomic E-state index is 0.121. The smallest absolute Gasteiger partial charge is 0.375 e. The lowest BCUT2D eigenvalue weighted by Gasteiger charge is -2.40. The Morgan fingerprint density at radius 3 is 2.60 bits per heavy atom. The van der Waals surface area contributed by atoms with Crippen LogP contribution >= 0.6 is 0 Å². The number of nitrogens with zero attached hydrogens (tertiary/aromatic N) is 1. The molecule has 3 aliphatic rings. The van der Waals surface area contributed by atoms with Crippen LogP contribution in [-0.4, -0.2) is 61.1 Å². The van der Waals surface area contributed by atoms with Crippen molar-refractivity contribution in [1.29, 1.82) is 0 Å². The molecule has 2 aromatic carbocycles. The third-order valence-electron chi connectivity index (χ3n) is 8.48.